The Bertz CT molecular complexity index is 274. The van der Waals surface area contributed by atoms with E-state index < -0.39 is 0 Å². The van der Waals surface area contributed by atoms with Gasteiger partial charge >= 0.3 is 0 Å². The Morgan fingerprint density at radius 1 is 1.43 bits per heavy atom. The van der Waals surface area contributed by atoms with Crippen molar-refractivity contribution in [2.45, 2.75) is 16.7 Å². The van der Waals surface area contributed by atoms with Crippen LogP contribution in [0.4, 0.5) is 0 Å². The van der Waals surface area contributed by atoms with E-state index in [1.54, 1.807) is 17.8 Å². The van der Waals surface area contributed by atoms with Gasteiger partial charge in [0, 0.05) is 11.8 Å². The molecule has 1 aromatic heterocycles. The summed E-state index contributed by atoms with van der Waals surface area (Å²) in [5, 5.41) is 13.1. The molecule has 1 atom stereocenters. The summed E-state index contributed by atoms with van der Waals surface area (Å²) in [6, 6.07) is 3.69. The van der Waals surface area contributed by atoms with E-state index in [2.05, 4.69) is 15.5 Å². The van der Waals surface area contributed by atoms with Gasteiger partial charge in [0.25, 0.3) is 0 Å². The van der Waals surface area contributed by atoms with E-state index in [4.69, 9.17) is 11.6 Å². The van der Waals surface area contributed by atoms with Crippen LogP contribution in [0.5, 0.6) is 0 Å². The molecular weight excluding hydrogens is 241 g/mol. The number of nitrogens with zero attached hydrogens (tertiary/aromatic N) is 2. The summed E-state index contributed by atoms with van der Waals surface area (Å²) in [5.74, 6) is 0. The maximum Gasteiger partial charge on any atom is 0.151 e. The van der Waals surface area contributed by atoms with Crippen molar-refractivity contribution in [2.24, 2.45) is 0 Å². The highest BCUT2D eigenvalue weighted by Gasteiger charge is 2.16. The van der Waals surface area contributed by atoms with Crippen LogP contribution in [-0.2, 0) is 0 Å². The molecule has 0 amide bonds. The van der Waals surface area contributed by atoms with Crippen LogP contribution in [-0.4, -0.2) is 28.5 Å². The lowest BCUT2D eigenvalue weighted by Gasteiger charge is -2.05. The van der Waals surface area contributed by atoms with Crippen LogP contribution >= 0.6 is 35.8 Å². The third kappa shape index (κ3) is 3.28. The van der Waals surface area contributed by atoms with Gasteiger partial charge in [-0.2, -0.15) is 0 Å². The van der Waals surface area contributed by atoms with Gasteiger partial charge in [-0.25, -0.2) is 0 Å². The molecule has 0 aliphatic carbocycles. The van der Waals surface area contributed by atoms with Crippen molar-refractivity contribution in [3.8, 4) is 0 Å². The molecule has 0 aromatic carbocycles. The van der Waals surface area contributed by atoms with E-state index in [0.717, 1.165) is 18.1 Å². The molecule has 1 aromatic rings. The molecule has 6 heteroatoms. The fourth-order valence-corrected chi connectivity index (χ4v) is 2.38. The molecule has 0 radical (unpaired) electrons. The molecule has 14 heavy (non-hydrogen) atoms. The molecular formula is C8H11Cl2N3S. The minimum absolute atomic E-state index is 0. The van der Waals surface area contributed by atoms with Gasteiger partial charge < -0.3 is 5.32 Å². The summed E-state index contributed by atoms with van der Waals surface area (Å²) < 4.78 is 0. The summed E-state index contributed by atoms with van der Waals surface area (Å²) in [7, 11) is 0. The quantitative estimate of drug-likeness (QED) is 0.873. The Morgan fingerprint density at radius 2 is 2.29 bits per heavy atom. The van der Waals surface area contributed by atoms with Crippen molar-refractivity contribution in [1.29, 1.82) is 0 Å². The highest BCUT2D eigenvalue weighted by atomic mass is 35.5. The Morgan fingerprint density at radius 3 is 2.86 bits per heavy atom. The summed E-state index contributed by atoms with van der Waals surface area (Å²) >= 11 is 7.40. The molecule has 1 aliphatic heterocycles. The lowest BCUT2D eigenvalue weighted by molar-refractivity contribution is 0.857. The maximum atomic E-state index is 5.63. The van der Waals surface area contributed by atoms with Crippen LogP contribution in [0.2, 0.25) is 5.15 Å². The molecule has 78 valence electrons. The summed E-state index contributed by atoms with van der Waals surface area (Å²) in [5.41, 5.74) is 0. The molecule has 0 spiro atoms. The van der Waals surface area contributed by atoms with Crippen molar-refractivity contribution in [1.82, 2.24) is 15.5 Å². The van der Waals surface area contributed by atoms with Crippen molar-refractivity contribution in [3.63, 3.8) is 0 Å². The van der Waals surface area contributed by atoms with Crippen LogP contribution < -0.4 is 5.32 Å². The van der Waals surface area contributed by atoms with E-state index in [1.807, 2.05) is 6.07 Å². The first-order valence-electron chi connectivity index (χ1n) is 4.21. The third-order valence-electron chi connectivity index (χ3n) is 1.91. The normalized spacial score (nSPS) is 20.5. The Hall–Kier alpha value is -0.0300. The van der Waals surface area contributed by atoms with Gasteiger partial charge in [0.15, 0.2) is 5.15 Å². The molecule has 3 nitrogen and oxygen atoms in total. The second-order valence-corrected chi connectivity index (χ2v) is 4.63. The Kier molecular flexibility index (Phi) is 4.95. The van der Waals surface area contributed by atoms with Gasteiger partial charge in [0.05, 0.1) is 0 Å². The maximum absolute atomic E-state index is 5.63. The van der Waals surface area contributed by atoms with Gasteiger partial charge in [0.1, 0.15) is 5.03 Å². The smallest absolute Gasteiger partial charge is 0.151 e. The minimum atomic E-state index is 0. The molecule has 0 unspecified atom stereocenters. The van der Waals surface area contributed by atoms with E-state index in [9.17, 15) is 0 Å². The number of halogens is 2. The summed E-state index contributed by atoms with van der Waals surface area (Å²) in [6.45, 7) is 2.17. The van der Waals surface area contributed by atoms with Crippen LogP contribution in [0.25, 0.3) is 0 Å². The van der Waals surface area contributed by atoms with Gasteiger partial charge in [-0.3, -0.25) is 0 Å². The number of thioether (sulfide) groups is 1. The van der Waals surface area contributed by atoms with Gasteiger partial charge in [-0.1, -0.05) is 23.4 Å². The molecule has 0 saturated carbocycles. The zero-order valence-electron chi connectivity index (χ0n) is 7.44. The molecule has 1 saturated heterocycles. The lowest BCUT2D eigenvalue weighted by Crippen LogP contribution is -2.10. The largest absolute Gasteiger partial charge is 0.316 e. The predicted molar refractivity (Wildman–Crippen MR) is 61.4 cm³/mol. The van der Waals surface area contributed by atoms with E-state index in [-0.39, 0.29) is 12.4 Å². The number of rotatable bonds is 2. The SMILES string of the molecule is Cl.Clc1ccc(S[C@H]2CCNC2)nn1. The molecule has 1 fully saturated rings. The standard InChI is InChI=1S/C8H10ClN3S.ClH/c9-7-1-2-8(12-11-7)13-6-3-4-10-5-6;/h1-2,6,10H,3-5H2;1H/t6-;/m0./s1. The van der Waals surface area contributed by atoms with E-state index in [1.165, 1.54) is 6.42 Å². The lowest BCUT2D eigenvalue weighted by atomic mass is 10.4. The zero-order valence-corrected chi connectivity index (χ0v) is 9.83. The van der Waals surface area contributed by atoms with E-state index >= 15 is 0 Å². The van der Waals surface area contributed by atoms with Gasteiger partial charge in [-0.15, -0.1) is 22.6 Å². The first kappa shape index (κ1) is 12.0. The summed E-state index contributed by atoms with van der Waals surface area (Å²) in [4.78, 5) is 0. The first-order chi connectivity index (χ1) is 6.34. The number of hydrogen-bond acceptors (Lipinski definition) is 4. The zero-order chi connectivity index (χ0) is 9.10. The monoisotopic (exact) mass is 251 g/mol. The molecule has 1 N–H and O–H groups in total. The second kappa shape index (κ2) is 5.75. The van der Waals surface area contributed by atoms with Crippen LogP contribution in [0.1, 0.15) is 6.42 Å². The highest BCUT2D eigenvalue weighted by molar-refractivity contribution is 7.99. The molecule has 1 aliphatic rings. The molecule has 2 heterocycles. The number of aromatic nitrogens is 2. The number of hydrogen-bond donors (Lipinski definition) is 1. The van der Waals surface area contributed by atoms with E-state index in [0.29, 0.717) is 10.4 Å². The third-order valence-corrected chi connectivity index (χ3v) is 3.31. The number of nitrogens with one attached hydrogen (secondary N) is 1. The van der Waals surface area contributed by atoms with Gasteiger partial charge in [-0.05, 0) is 25.1 Å². The topological polar surface area (TPSA) is 37.8 Å². The van der Waals surface area contributed by atoms with Crippen LogP contribution in [0, 0.1) is 0 Å². The average Bonchev–Trinajstić information content (AvgIpc) is 2.62. The van der Waals surface area contributed by atoms with Crippen LogP contribution in [0.15, 0.2) is 17.2 Å². The summed E-state index contributed by atoms with van der Waals surface area (Å²) in [6.07, 6.45) is 1.20. The van der Waals surface area contributed by atoms with Gasteiger partial charge in [0.2, 0.25) is 0 Å². The fraction of sp³-hybridized carbons (Fsp3) is 0.500. The van der Waals surface area contributed by atoms with Crippen molar-refractivity contribution in [2.75, 3.05) is 13.1 Å². The minimum Gasteiger partial charge on any atom is -0.316 e. The van der Waals surface area contributed by atoms with Crippen LogP contribution in [0.3, 0.4) is 0 Å². The molecule has 0 bridgehead atoms. The highest BCUT2D eigenvalue weighted by Crippen LogP contribution is 2.24. The average molecular weight is 252 g/mol. The Labute approximate surface area is 98.4 Å². The Balaban J connectivity index is 0.000000980. The van der Waals surface area contributed by atoms with Crippen molar-refractivity contribution < 1.29 is 0 Å². The van der Waals surface area contributed by atoms with Crippen molar-refractivity contribution >= 4 is 35.8 Å². The molecule has 2 rings (SSSR count). The second-order valence-electron chi connectivity index (χ2n) is 2.93. The first-order valence-corrected chi connectivity index (χ1v) is 5.47. The van der Waals surface area contributed by atoms with Crippen molar-refractivity contribution in [3.05, 3.63) is 17.3 Å². The fourth-order valence-electron chi connectivity index (χ4n) is 1.27. The predicted octanol–water partition coefficient (Wildman–Crippen LogP) is 2.01.